The third-order valence-electron chi connectivity index (χ3n) is 17.9. The predicted molar refractivity (Wildman–Crippen MR) is 302 cm³/mol. The van der Waals surface area contributed by atoms with E-state index in [-0.39, 0.29) is 23.1 Å². The van der Waals surface area contributed by atoms with Gasteiger partial charge in [0.05, 0.1) is 11.1 Å². The molecule has 1 spiro atoms. The van der Waals surface area contributed by atoms with Gasteiger partial charge in [-0.15, -0.1) is 0 Å². The number of benzene rings is 9. The lowest BCUT2D eigenvalue weighted by atomic mass is 9.42. The summed E-state index contributed by atoms with van der Waals surface area (Å²) in [5, 5.41) is 2.38. The van der Waals surface area contributed by atoms with Crippen LogP contribution in [0.5, 0.6) is 0 Å². The fourth-order valence-corrected chi connectivity index (χ4v) is 14.4. The molecule has 0 N–H and O–H groups in total. The molecule has 3 nitrogen and oxygen atoms in total. The van der Waals surface area contributed by atoms with Gasteiger partial charge in [-0.05, 0) is 157 Å². The van der Waals surface area contributed by atoms with Crippen LogP contribution in [0.15, 0.2) is 180 Å². The molecule has 0 amide bonds. The van der Waals surface area contributed by atoms with E-state index < -0.39 is 5.41 Å². The summed E-state index contributed by atoms with van der Waals surface area (Å²) in [6, 6.07) is 67.8. The van der Waals surface area contributed by atoms with Crippen LogP contribution < -0.4 is 20.6 Å². The molecule has 348 valence electrons. The zero-order valence-corrected chi connectivity index (χ0v) is 42.5. The van der Waals surface area contributed by atoms with Gasteiger partial charge in [-0.2, -0.15) is 0 Å². The van der Waals surface area contributed by atoms with Crippen molar-refractivity contribution >= 4 is 68.1 Å². The van der Waals surface area contributed by atoms with Crippen LogP contribution in [0.25, 0.3) is 55.3 Å². The summed E-state index contributed by atoms with van der Waals surface area (Å²) in [6.07, 6.45) is 2.30. The highest BCUT2D eigenvalue weighted by Crippen LogP contribution is 2.65. The average Bonchev–Trinajstić information content (AvgIpc) is 3.91. The van der Waals surface area contributed by atoms with Gasteiger partial charge in [0.15, 0.2) is 0 Å². The Kier molecular flexibility index (Phi) is 8.26. The van der Waals surface area contributed by atoms with E-state index in [0.717, 1.165) is 35.4 Å². The first-order chi connectivity index (χ1) is 34.8. The van der Waals surface area contributed by atoms with Crippen LogP contribution in [0.1, 0.15) is 106 Å². The average molecular weight is 929 g/mol. The number of furan rings is 1. The molecule has 9 aromatic carbocycles. The van der Waals surface area contributed by atoms with Gasteiger partial charge < -0.3 is 14.1 Å². The molecule has 15 rings (SSSR count). The molecule has 0 atom stereocenters. The first kappa shape index (κ1) is 42.2. The molecule has 3 aliphatic heterocycles. The second-order valence-corrected chi connectivity index (χ2v) is 23.9. The molecule has 0 bridgehead atoms. The topological polar surface area (TPSA) is 19.6 Å². The number of fused-ring (bicyclic) bond motifs is 18. The Hall–Kier alpha value is -7.56. The zero-order chi connectivity index (χ0) is 48.8. The fraction of sp³-hybridized carbons (Fsp3) is 0.206. The third-order valence-corrected chi connectivity index (χ3v) is 17.9. The maximum Gasteiger partial charge on any atom is 0.336 e. The fourth-order valence-electron chi connectivity index (χ4n) is 14.4. The molecule has 10 aromatic rings. The lowest BCUT2D eigenvalue weighted by molar-refractivity contribution is 0.332. The molecule has 5 aliphatic rings. The normalized spacial score (nSPS) is 16.8. The molecular formula is C68H57BN2O. The number of anilines is 5. The highest BCUT2D eigenvalue weighted by Gasteiger charge is 2.57. The second-order valence-electron chi connectivity index (χ2n) is 23.9. The molecule has 0 fully saturated rings. The second kappa shape index (κ2) is 14.1. The van der Waals surface area contributed by atoms with Crippen LogP contribution in [0, 0.1) is 6.92 Å². The molecule has 1 aromatic heterocycles. The van der Waals surface area contributed by atoms with E-state index in [2.05, 4.69) is 241 Å². The van der Waals surface area contributed by atoms with Crippen LogP contribution in [0.2, 0.25) is 0 Å². The third kappa shape index (κ3) is 5.32. The van der Waals surface area contributed by atoms with Crippen LogP contribution >= 0.6 is 0 Å². The van der Waals surface area contributed by atoms with Crippen molar-refractivity contribution in [2.24, 2.45) is 0 Å². The summed E-state index contributed by atoms with van der Waals surface area (Å²) in [5.41, 5.74) is 28.3. The quantitative estimate of drug-likeness (QED) is 0.161. The Labute approximate surface area is 423 Å². The maximum atomic E-state index is 7.63. The number of nitrogens with zero attached hydrogens (tertiary/aromatic N) is 2. The maximum absolute atomic E-state index is 7.63. The first-order valence-corrected chi connectivity index (χ1v) is 26.2. The number of hydrogen-bond acceptors (Lipinski definition) is 3. The number of para-hydroxylation sites is 2. The Morgan fingerprint density at radius 2 is 1.10 bits per heavy atom. The molecule has 0 unspecified atom stereocenters. The molecule has 0 saturated heterocycles. The molecule has 4 heterocycles. The van der Waals surface area contributed by atoms with Crippen molar-refractivity contribution in [1.82, 2.24) is 0 Å². The SMILES string of the molecule is Cc1cc2c3c(c1)N(c1ccc(C(C)(C)C)cc1-c1ccccc1)c1ccc4c(oc5cc6c(cc54)C(C)(C)CCC6(C)C)c1B3N1c3ccccc3C3(c4ccccc4-c4ccccc43)c3cccc-2c31. The predicted octanol–water partition coefficient (Wildman–Crippen LogP) is 16.6. The highest BCUT2D eigenvalue weighted by atomic mass is 16.3. The van der Waals surface area contributed by atoms with Gasteiger partial charge in [0.25, 0.3) is 0 Å². The van der Waals surface area contributed by atoms with Crippen LogP contribution in [0.3, 0.4) is 0 Å². The first-order valence-electron chi connectivity index (χ1n) is 26.2. The number of hydrogen-bond donors (Lipinski definition) is 0. The minimum absolute atomic E-state index is 0.0427. The Balaban J connectivity index is 1.10. The molecule has 4 heteroatoms. The highest BCUT2D eigenvalue weighted by molar-refractivity contribution is 6.95. The summed E-state index contributed by atoms with van der Waals surface area (Å²) in [7, 11) is 0. The molecule has 2 aliphatic carbocycles. The molecule has 72 heavy (non-hydrogen) atoms. The van der Waals surface area contributed by atoms with E-state index in [9.17, 15) is 0 Å². The number of rotatable bonds is 2. The van der Waals surface area contributed by atoms with Crippen molar-refractivity contribution < 1.29 is 4.42 Å². The summed E-state index contributed by atoms with van der Waals surface area (Å²) in [6.45, 7) is 18.7. The van der Waals surface area contributed by atoms with Gasteiger partial charge in [0.1, 0.15) is 11.2 Å². The van der Waals surface area contributed by atoms with Gasteiger partial charge in [0, 0.05) is 50.1 Å². The van der Waals surface area contributed by atoms with E-state index in [1.165, 1.54) is 117 Å². The van der Waals surface area contributed by atoms with Crippen molar-refractivity contribution in [3.8, 4) is 33.4 Å². The lowest BCUT2D eigenvalue weighted by Gasteiger charge is -2.52. The van der Waals surface area contributed by atoms with Gasteiger partial charge in [-0.1, -0.05) is 176 Å². The van der Waals surface area contributed by atoms with Gasteiger partial charge >= 0.3 is 6.85 Å². The van der Waals surface area contributed by atoms with Crippen molar-refractivity contribution in [3.05, 3.63) is 220 Å². The largest absolute Gasteiger partial charge is 0.456 e. The van der Waals surface area contributed by atoms with E-state index in [4.69, 9.17) is 4.42 Å². The van der Waals surface area contributed by atoms with E-state index in [1.807, 2.05) is 0 Å². The summed E-state index contributed by atoms with van der Waals surface area (Å²) >= 11 is 0. The monoisotopic (exact) mass is 928 g/mol. The summed E-state index contributed by atoms with van der Waals surface area (Å²) in [5.74, 6) is 0. The van der Waals surface area contributed by atoms with E-state index in [0.29, 0.717) is 0 Å². The Morgan fingerprint density at radius 1 is 0.472 bits per heavy atom. The smallest absolute Gasteiger partial charge is 0.336 e. The van der Waals surface area contributed by atoms with Crippen molar-refractivity contribution in [2.45, 2.75) is 89.9 Å². The van der Waals surface area contributed by atoms with E-state index >= 15 is 0 Å². The van der Waals surface area contributed by atoms with Crippen molar-refractivity contribution in [1.29, 1.82) is 0 Å². The molecular weight excluding hydrogens is 872 g/mol. The van der Waals surface area contributed by atoms with Crippen molar-refractivity contribution in [2.75, 3.05) is 9.71 Å². The lowest BCUT2D eigenvalue weighted by Crippen LogP contribution is -2.63. The zero-order valence-electron chi connectivity index (χ0n) is 42.5. The Bertz CT molecular complexity index is 3970. The van der Waals surface area contributed by atoms with E-state index in [1.54, 1.807) is 0 Å². The minimum atomic E-state index is -0.525. The van der Waals surface area contributed by atoms with Crippen LogP contribution in [0.4, 0.5) is 28.4 Å². The van der Waals surface area contributed by atoms with Crippen molar-refractivity contribution in [3.63, 3.8) is 0 Å². The van der Waals surface area contributed by atoms with Gasteiger partial charge in [-0.25, -0.2) is 0 Å². The Morgan fingerprint density at radius 3 is 1.82 bits per heavy atom. The van der Waals surface area contributed by atoms with Crippen LogP contribution in [-0.4, -0.2) is 6.85 Å². The number of aryl methyl sites for hydroxylation is 1. The summed E-state index contributed by atoms with van der Waals surface area (Å²) in [4.78, 5) is 5.35. The summed E-state index contributed by atoms with van der Waals surface area (Å²) < 4.78 is 7.63. The van der Waals surface area contributed by atoms with Gasteiger partial charge in [-0.3, -0.25) is 0 Å². The minimum Gasteiger partial charge on any atom is -0.456 e. The standard InChI is InChI=1S/C68H57BN2O/c1-40-35-49-45-23-18-27-53-63(45)71(57-28-17-16-26-52(57)68(53)50-24-14-12-21-43(50)44-22-13-15-25-51(44)68)69-61(49)59(36-40)70(56-31-29-42(65(2,3)4)37-47(56)41-19-10-9-11-20-41)58-32-30-46-48-38-54-55(39-60(48)72-64(46)62(58)69)67(7,8)34-33-66(54,5)6/h9-32,35-39H,33-34H2,1-8H3. The van der Waals surface area contributed by atoms with Gasteiger partial charge in [0.2, 0.25) is 0 Å². The molecule has 0 radical (unpaired) electrons. The molecule has 0 saturated carbocycles. The van der Waals surface area contributed by atoms with Crippen LogP contribution in [-0.2, 0) is 21.7 Å².